The van der Waals surface area contributed by atoms with E-state index in [9.17, 15) is 9.59 Å². The van der Waals surface area contributed by atoms with Crippen LogP contribution in [-0.2, 0) is 11.2 Å². The average Bonchev–Trinajstić information content (AvgIpc) is 3.21. The fourth-order valence-corrected chi connectivity index (χ4v) is 3.19. The number of thiophene rings is 1. The zero-order chi connectivity index (χ0) is 18.9. The minimum absolute atomic E-state index is 0.205. The van der Waals surface area contributed by atoms with Crippen molar-refractivity contribution in [2.45, 2.75) is 6.42 Å². The van der Waals surface area contributed by atoms with E-state index in [1.807, 2.05) is 47.8 Å². The van der Waals surface area contributed by atoms with E-state index in [2.05, 4.69) is 10.6 Å². The highest BCUT2D eigenvalue weighted by Crippen LogP contribution is 2.16. The Balaban J connectivity index is 1.59. The van der Waals surface area contributed by atoms with Gasteiger partial charge < -0.3 is 10.6 Å². The maximum atomic E-state index is 12.5. The number of para-hydroxylation sites is 1. The first kappa shape index (κ1) is 18.6. The Bertz CT molecular complexity index is 919. The Morgan fingerprint density at radius 1 is 0.926 bits per heavy atom. The van der Waals surface area contributed by atoms with E-state index in [0.717, 1.165) is 16.9 Å². The van der Waals surface area contributed by atoms with Crippen LogP contribution in [0.25, 0.3) is 6.08 Å². The third-order valence-electron chi connectivity index (χ3n) is 3.91. The van der Waals surface area contributed by atoms with E-state index in [1.165, 1.54) is 6.08 Å². The quantitative estimate of drug-likeness (QED) is 0.602. The first-order chi connectivity index (χ1) is 13.2. The molecule has 0 aliphatic heterocycles. The molecule has 4 nitrogen and oxygen atoms in total. The molecule has 0 radical (unpaired) electrons. The van der Waals surface area contributed by atoms with Crippen LogP contribution in [0.1, 0.15) is 20.8 Å². The van der Waals surface area contributed by atoms with Gasteiger partial charge in [0.05, 0.1) is 11.3 Å². The van der Waals surface area contributed by atoms with Crippen molar-refractivity contribution in [1.82, 2.24) is 5.32 Å². The molecule has 3 rings (SSSR count). The molecule has 0 aliphatic carbocycles. The van der Waals surface area contributed by atoms with Gasteiger partial charge in [-0.2, -0.15) is 0 Å². The number of carbonyl (C=O) groups excluding carboxylic acids is 2. The molecule has 0 atom stereocenters. The molecule has 2 N–H and O–H groups in total. The number of amides is 2. The van der Waals surface area contributed by atoms with Crippen molar-refractivity contribution in [3.63, 3.8) is 0 Å². The van der Waals surface area contributed by atoms with Crippen molar-refractivity contribution in [3.8, 4) is 0 Å². The third kappa shape index (κ3) is 5.66. The fraction of sp³-hybridized carbons (Fsp3) is 0.0909. The van der Waals surface area contributed by atoms with Crippen LogP contribution in [0.15, 0.2) is 78.2 Å². The number of nitrogens with one attached hydrogen (secondary N) is 2. The summed E-state index contributed by atoms with van der Waals surface area (Å²) in [5, 5.41) is 7.64. The molecule has 5 heteroatoms. The summed E-state index contributed by atoms with van der Waals surface area (Å²) in [7, 11) is 0. The largest absolute Gasteiger partial charge is 0.352 e. The summed E-state index contributed by atoms with van der Waals surface area (Å²) in [6.45, 7) is 0.531. The van der Waals surface area contributed by atoms with Crippen molar-refractivity contribution in [2.24, 2.45) is 0 Å². The van der Waals surface area contributed by atoms with Gasteiger partial charge in [0.25, 0.3) is 5.91 Å². The predicted octanol–water partition coefficient (Wildman–Crippen LogP) is 4.37. The summed E-state index contributed by atoms with van der Waals surface area (Å²) in [4.78, 5) is 25.7. The molecule has 0 fully saturated rings. The normalized spacial score (nSPS) is 10.7. The molecule has 0 bridgehead atoms. The van der Waals surface area contributed by atoms with Gasteiger partial charge in [0, 0.05) is 17.5 Å². The van der Waals surface area contributed by atoms with Crippen molar-refractivity contribution in [3.05, 3.63) is 94.2 Å². The summed E-state index contributed by atoms with van der Waals surface area (Å²) < 4.78 is 0. The highest BCUT2D eigenvalue weighted by molar-refractivity contribution is 7.10. The summed E-state index contributed by atoms with van der Waals surface area (Å²) in [6.07, 6.45) is 3.98. The Morgan fingerprint density at radius 2 is 1.70 bits per heavy atom. The number of benzene rings is 2. The van der Waals surface area contributed by atoms with Crippen LogP contribution >= 0.6 is 11.3 Å². The smallest absolute Gasteiger partial charge is 0.253 e. The standard InChI is InChI=1S/C22H20N2O2S/c25-21(13-12-18-9-6-16-27-18)24-20-11-5-4-10-19(20)22(26)23-15-14-17-7-2-1-3-8-17/h1-13,16H,14-15H2,(H,23,26)(H,24,25)/b13-12+. The fourth-order valence-electron chi connectivity index (χ4n) is 2.57. The Hall–Kier alpha value is -3.18. The molecule has 0 aliphatic rings. The van der Waals surface area contributed by atoms with Gasteiger partial charge in [0.2, 0.25) is 5.91 Å². The highest BCUT2D eigenvalue weighted by Gasteiger charge is 2.11. The second-order valence-electron chi connectivity index (χ2n) is 5.88. The van der Waals surface area contributed by atoms with Crippen molar-refractivity contribution in [2.75, 3.05) is 11.9 Å². The summed E-state index contributed by atoms with van der Waals surface area (Å²) in [5.74, 6) is -0.475. The van der Waals surface area contributed by atoms with E-state index in [4.69, 9.17) is 0 Å². The molecule has 0 saturated heterocycles. The molecule has 0 spiro atoms. The number of rotatable bonds is 7. The Morgan fingerprint density at radius 3 is 2.48 bits per heavy atom. The van der Waals surface area contributed by atoms with E-state index in [1.54, 1.807) is 41.7 Å². The van der Waals surface area contributed by atoms with Crippen molar-refractivity contribution >= 4 is 34.9 Å². The zero-order valence-electron chi connectivity index (χ0n) is 14.7. The van der Waals surface area contributed by atoms with E-state index < -0.39 is 0 Å². The minimum atomic E-state index is -0.270. The van der Waals surface area contributed by atoms with Crippen LogP contribution in [0, 0.1) is 0 Å². The summed E-state index contributed by atoms with van der Waals surface area (Å²) in [6, 6.07) is 20.8. The lowest BCUT2D eigenvalue weighted by molar-refractivity contribution is -0.111. The number of carbonyl (C=O) groups is 2. The molecule has 0 unspecified atom stereocenters. The van der Waals surface area contributed by atoms with Crippen molar-refractivity contribution < 1.29 is 9.59 Å². The monoisotopic (exact) mass is 376 g/mol. The summed E-state index contributed by atoms with van der Waals surface area (Å²) in [5.41, 5.74) is 2.11. The molecule has 2 amide bonds. The van der Waals surface area contributed by atoms with Crippen LogP contribution in [0.4, 0.5) is 5.69 Å². The maximum Gasteiger partial charge on any atom is 0.253 e. The third-order valence-corrected chi connectivity index (χ3v) is 4.75. The molecule has 27 heavy (non-hydrogen) atoms. The van der Waals surface area contributed by atoms with Gasteiger partial charge in [0.1, 0.15) is 0 Å². The average molecular weight is 376 g/mol. The summed E-state index contributed by atoms with van der Waals surface area (Å²) >= 11 is 1.56. The topological polar surface area (TPSA) is 58.2 Å². The van der Waals surface area contributed by atoms with Gasteiger partial charge in [0.15, 0.2) is 0 Å². The van der Waals surface area contributed by atoms with E-state index in [0.29, 0.717) is 17.8 Å². The number of hydrogen-bond donors (Lipinski definition) is 2. The lowest BCUT2D eigenvalue weighted by atomic mass is 10.1. The van der Waals surface area contributed by atoms with Crippen molar-refractivity contribution in [1.29, 1.82) is 0 Å². The lowest BCUT2D eigenvalue weighted by Gasteiger charge is -2.10. The Kier molecular flexibility index (Phi) is 6.55. The second kappa shape index (κ2) is 9.50. The van der Waals surface area contributed by atoms with Gasteiger partial charge in [-0.15, -0.1) is 11.3 Å². The molecular weight excluding hydrogens is 356 g/mol. The number of hydrogen-bond acceptors (Lipinski definition) is 3. The zero-order valence-corrected chi connectivity index (χ0v) is 15.5. The minimum Gasteiger partial charge on any atom is -0.352 e. The van der Waals surface area contributed by atoms with E-state index >= 15 is 0 Å². The molecular formula is C22H20N2O2S. The van der Waals surface area contributed by atoms with E-state index in [-0.39, 0.29) is 11.8 Å². The van der Waals surface area contributed by atoms with Gasteiger partial charge in [-0.1, -0.05) is 48.5 Å². The predicted molar refractivity (Wildman–Crippen MR) is 111 cm³/mol. The van der Waals surface area contributed by atoms with Crippen LogP contribution in [-0.4, -0.2) is 18.4 Å². The maximum absolute atomic E-state index is 12.5. The van der Waals surface area contributed by atoms with Gasteiger partial charge in [-0.3, -0.25) is 9.59 Å². The van der Waals surface area contributed by atoms with Gasteiger partial charge >= 0.3 is 0 Å². The second-order valence-corrected chi connectivity index (χ2v) is 6.85. The van der Waals surface area contributed by atoms with Gasteiger partial charge in [-0.05, 0) is 41.6 Å². The first-order valence-electron chi connectivity index (χ1n) is 8.66. The molecule has 136 valence electrons. The van der Waals surface area contributed by atoms with Crippen LogP contribution in [0.5, 0.6) is 0 Å². The van der Waals surface area contributed by atoms with Gasteiger partial charge in [-0.25, -0.2) is 0 Å². The SMILES string of the molecule is O=C(/C=C/c1cccs1)Nc1ccccc1C(=O)NCCc1ccccc1. The Labute approximate surface area is 162 Å². The molecule has 1 aromatic heterocycles. The molecule has 1 heterocycles. The van der Waals surface area contributed by atoms with Crippen LogP contribution in [0.3, 0.4) is 0 Å². The van der Waals surface area contributed by atoms with Crippen LogP contribution < -0.4 is 10.6 Å². The lowest BCUT2D eigenvalue weighted by Crippen LogP contribution is -2.27. The number of anilines is 1. The molecule has 0 saturated carbocycles. The highest BCUT2D eigenvalue weighted by atomic mass is 32.1. The first-order valence-corrected chi connectivity index (χ1v) is 9.54. The molecule has 2 aromatic carbocycles. The van der Waals surface area contributed by atoms with Crippen LogP contribution in [0.2, 0.25) is 0 Å². The molecule has 3 aromatic rings.